The molecule has 2 aromatic carbocycles. The highest BCUT2D eigenvalue weighted by Crippen LogP contribution is 2.44. The highest BCUT2D eigenvalue weighted by atomic mass is 32.2. The fraction of sp³-hybridized carbons (Fsp3) is 0.333. The standard InChI is InChI=1S/C27H26FN3O4S2/c1-14-20-11-23(28)22(12-24(20)35-30-14)26-21(15-3-7-19(8-4-15)37(2,33)34)13-25(36-26)27(32)31-17-5-6-18(31)10-16(29)9-17/h3-4,7-8,11-13,16-18H,5-6,9-10,29H2,1-2H3. The maximum Gasteiger partial charge on any atom is 0.264 e. The maximum atomic E-state index is 15.5. The van der Waals surface area contributed by atoms with Crippen LogP contribution in [-0.2, 0) is 9.84 Å². The van der Waals surface area contributed by atoms with Crippen molar-refractivity contribution in [2.45, 2.75) is 55.6 Å². The molecule has 37 heavy (non-hydrogen) atoms. The molecule has 0 radical (unpaired) electrons. The van der Waals surface area contributed by atoms with Gasteiger partial charge in [-0.1, -0.05) is 17.3 Å². The number of benzene rings is 2. The van der Waals surface area contributed by atoms with Crippen LogP contribution in [0.4, 0.5) is 4.39 Å². The van der Waals surface area contributed by atoms with Crippen molar-refractivity contribution >= 4 is 38.1 Å². The van der Waals surface area contributed by atoms with E-state index in [9.17, 15) is 13.2 Å². The zero-order chi connectivity index (χ0) is 26.1. The number of aryl methyl sites for hydroxylation is 1. The van der Waals surface area contributed by atoms with Crippen molar-refractivity contribution in [3.8, 4) is 21.6 Å². The fourth-order valence-corrected chi connectivity index (χ4v) is 7.50. The Balaban J connectivity index is 1.48. The Morgan fingerprint density at radius 2 is 1.78 bits per heavy atom. The molecule has 2 aromatic heterocycles. The van der Waals surface area contributed by atoms with Crippen molar-refractivity contribution < 1.29 is 22.1 Å². The lowest BCUT2D eigenvalue weighted by atomic mass is 9.97. The van der Waals surface area contributed by atoms with E-state index in [-0.39, 0.29) is 28.9 Å². The molecule has 7 nitrogen and oxygen atoms in total. The molecular formula is C27H26FN3O4S2. The van der Waals surface area contributed by atoms with Crippen LogP contribution in [0.5, 0.6) is 0 Å². The smallest absolute Gasteiger partial charge is 0.264 e. The second kappa shape index (κ2) is 8.75. The van der Waals surface area contributed by atoms with Crippen LogP contribution in [0.25, 0.3) is 32.5 Å². The molecule has 2 N–H and O–H groups in total. The zero-order valence-corrected chi connectivity index (χ0v) is 22.0. The van der Waals surface area contributed by atoms with Crippen LogP contribution in [0.3, 0.4) is 0 Å². The van der Waals surface area contributed by atoms with Crippen molar-refractivity contribution in [2.24, 2.45) is 5.73 Å². The fourth-order valence-electron chi connectivity index (χ4n) is 5.72. The molecule has 2 fully saturated rings. The average Bonchev–Trinajstić information content (AvgIpc) is 3.52. The summed E-state index contributed by atoms with van der Waals surface area (Å²) < 4.78 is 44.8. The minimum Gasteiger partial charge on any atom is -0.356 e. The minimum absolute atomic E-state index is 0.0679. The summed E-state index contributed by atoms with van der Waals surface area (Å²) >= 11 is 1.24. The van der Waals surface area contributed by atoms with Crippen LogP contribution in [0.15, 0.2) is 51.9 Å². The molecule has 0 aliphatic carbocycles. The lowest BCUT2D eigenvalue weighted by Crippen LogP contribution is -2.49. The van der Waals surface area contributed by atoms with E-state index >= 15 is 4.39 Å². The number of piperidine rings is 1. The number of thiophene rings is 1. The normalized spacial score (nSPS) is 21.6. The molecule has 2 saturated heterocycles. The number of nitrogens with two attached hydrogens (primary N) is 1. The summed E-state index contributed by atoms with van der Waals surface area (Å²) in [5.74, 6) is -0.515. The third-order valence-electron chi connectivity index (χ3n) is 7.52. The van der Waals surface area contributed by atoms with Crippen molar-refractivity contribution in [3.63, 3.8) is 0 Å². The van der Waals surface area contributed by atoms with E-state index in [4.69, 9.17) is 10.3 Å². The summed E-state index contributed by atoms with van der Waals surface area (Å²) in [6, 6.07) is 11.6. The maximum absolute atomic E-state index is 15.5. The van der Waals surface area contributed by atoms with Crippen LogP contribution in [0.1, 0.15) is 41.0 Å². The van der Waals surface area contributed by atoms with Crippen molar-refractivity contribution in [2.75, 3.05) is 6.26 Å². The van der Waals surface area contributed by atoms with Gasteiger partial charge in [0.05, 0.1) is 15.5 Å². The predicted molar refractivity (Wildman–Crippen MR) is 141 cm³/mol. The molecule has 192 valence electrons. The van der Waals surface area contributed by atoms with Gasteiger partial charge in [0.2, 0.25) is 0 Å². The number of hydrogen-bond acceptors (Lipinski definition) is 7. The quantitative estimate of drug-likeness (QED) is 0.384. The van der Waals surface area contributed by atoms with Crippen molar-refractivity contribution in [3.05, 3.63) is 58.9 Å². The van der Waals surface area contributed by atoms with Gasteiger partial charge in [0, 0.05) is 45.8 Å². The topological polar surface area (TPSA) is 106 Å². The van der Waals surface area contributed by atoms with Gasteiger partial charge < -0.3 is 15.2 Å². The largest absolute Gasteiger partial charge is 0.356 e. The van der Waals surface area contributed by atoms with E-state index in [0.717, 1.165) is 31.9 Å². The molecule has 2 aliphatic rings. The molecule has 10 heteroatoms. The third kappa shape index (κ3) is 4.17. The Kier molecular flexibility index (Phi) is 5.74. The number of carbonyl (C=O) groups is 1. The second-order valence-corrected chi connectivity index (χ2v) is 13.1. The Morgan fingerprint density at radius 1 is 1.11 bits per heavy atom. The van der Waals surface area contributed by atoms with Gasteiger partial charge in [0.15, 0.2) is 15.4 Å². The van der Waals surface area contributed by atoms with E-state index in [1.54, 1.807) is 31.2 Å². The average molecular weight is 540 g/mol. The minimum atomic E-state index is -3.37. The van der Waals surface area contributed by atoms with E-state index < -0.39 is 15.7 Å². The van der Waals surface area contributed by atoms with Gasteiger partial charge in [0.1, 0.15) is 5.82 Å². The Labute approximate surface area is 218 Å². The van der Waals surface area contributed by atoms with E-state index in [0.29, 0.717) is 43.1 Å². The molecule has 2 bridgehead atoms. The number of fused-ring (bicyclic) bond motifs is 3. The summed E-state index contributed by atoms with van der Waals surface area (Å²) in [4.78, 5) is 17.0. The third-order valence-corrected chi connectivity index (χ3v) is 9.81. The van der Waals surface area contributed by atoms with Crippen molar-refractivity contribution in [1.82, 2.24) is 10.1 Å². The molecular weight excluding hydrogens is 513 g/mol. The van der Waals surface area contributed by atoms with Gasteiger partial charge in [-0.2, -0.15) is 0 Å². The van der Waals surface area contributed by atoms with E-state index in [1.165, 1.54) is 29.5 Å². The highest BCUT2D eigenvalue weighted by Gasteiger charge is 2.43. The Morgan fingerprint density at radius 3 is 2.43 bits per heavy atom. The second-order valence-electron chi connectivity index (χ2n) is 10.1. The summed E-state index contributed by atoms with van der Waals surface area (Å²) in [5, 5.41) is 4.54. The first-order valence-electron chi connectivity index (χ1n) is 12.2. The molecule has 0 saturated carbocycles. The van der Waals surface area contributed by atoms with Gasteiger partial charge in [-0.25, -0.2) is 12.8 Å². The Hall–Kier alpha value is -3.08. The lowest BCUT2D eigenvalue weighted by Gasteiger charge is -2.37. The Bertz CT molecular complexity index is 1630. The molecule has 6 rings (SSSR count). The number of halogens is 1. The first-order chi connectivity index (χ1) is 17.6. The monoisotopic (exact) mass is 539 g/mol. The molecule has 1 amide bonds. The highest BCUT2D eigenvalue weighted by molar-refractivity contribution is 7.90. The van der Waals surface area contributed by atoms with Gasteiger partial charge in [0.25, 0.3) is 5.91 Å². The number of aromatic nitrogens is 1. The number of amides is 1. The summed E-state index contributed by atoms with van der Waals surface area (Å²) in [6.45, 7) is 1.75. The van der Waals surface area contributed by atoms with Gasteiger partial charge in [-0.15, -0.1) is 11.3 Å². The van der Waals surface area contributed by atoms with Crippen LogP contribution in [-0.4, -0.2) is 48.8 Å². The summed E-state index contributed by atoms with van der Waals surface area (Å²) in [5.41, 5.74) is 8.91. The van der Waals surface area contributed by atoms with Gasteiger partial charge in [-0.05, 0) is 68.5 Å². The SMILES string of the molecule is Cc1noc2cc(-c3sc(C(=O)N4C5CCC4CC(N)C5)cc3-c3ccc(S(C)(=O)=O)cc3)c(F)cc12. The number of nitrogens with zero attached hydrogens (tertiary/aromatic N) is 2. The lowest BCUT2D eigenvalue weighted by molar-refractivity contribution is 0.0580. The number of carbonyl (C=O) groups excluding carboxylic acids is 1. The predicted octanol–water partition coefficient (Wildman–Crippen LogP) is 5.17. The number of sulfone groups is 1. The molecule has 2 aliphatic heterocycles. The number of rotatable bonds is 4. The van der Waals surface area contributed by atoms with Crippen LogP contribution < -0.4 is 5.73 Å². The van der Waals surface area contributed by atoms with E-state index in [2.05, 4.69) is 5.16 Å². The zero-order valence-electron chi connectivity index (χ0n) is 20.4. The molecule has 4 aromatic rings. The van der Waals surface area contributed by atoms with Gasteiger partial charge >= 0.3 is 0 Å². The van der Waals surface area contributed by atoms with Crippen LogP contribution >= 0.6 is 11.3 Å². The molecule has 4 heterocycles. The van der Waals surface area contributed by atoms with Crippen molar-refractivity contribution in [1.29, 1.82) is 0 Å². The number of hydrogen-bond donors (Lipinski definition) is 1. The van der Waals surface area contributed by atoms with E-state index in [1.807, 2.05) is 4.90 Å². The summed E-state index contributed by atoms with van der Waals surface area (Å²) in [6.07, 6.45) is 4.61. The molecule has 2 atom stereocenters. The van der Waals surface area contributed by atoms with Crippen LogP contribution in [0, 0.1) is 12.7 Å². The first kappa shape index (κ1) is 24.3. The molecule has 0 spiro atoms. The summed E-state index contributed by atoms with van der Waals surface area (Å²) in [7, 11) is -3.37. The molecule has 2 unspecified atom stereocenters. The van der Waals surface area contributed by atoms with Crippen LogP contribution in [0.2, 0.25) is 0 Å². The first-order valence-corrected chi connectivity index (χ1v) is 14.9. The van der Waals surface area contributed by atoms with Gasteiger partial charge in [-0.3, -0.25) is 4.79 Å².